The Bertz CT molecular complexity index is 565. The lowest BCUT2D eigenvalue weighted by Gasteiger charge is -2.29. The van der Waals surface area contributed by atoms with Crippen LogP contribution >= 0.6 is 11.8 Å². The van der Waals surface area contributed by atoms with Crippen LogP contribution in [0.2, 0.25) is 0 Å². The van der Waals surface area contributed by atoms with Crippen molar-refractivity contribution >= 4 is 21.6 Å². The molecule has 0 bridgehead atoms. The number of hydrogen-bond acceptors (Lipinski definition) is 4. The number of benzene rings is 1. The molecule has 0 aliphatic carbocycles. The van der Waals surface area contributed by atoms with Crippen molar-refractivity contribution in [3.63, 3.8) is 0 Å². The Morgan fingerprint density at radius 1 is 1.20 bits per heavy atom. The van der Waals surface area contributed by atoms with E-state index < -0.39 is 9.84 Å². The first kappa shape index (κ1) is 14.4. The first-order chi connectivity index (χ1) is 9.67. The van der Waals surface area contributed by atoms with Crippen molar-refractivity contribution in [3.8, 4) is 0 Å². The number of fused-ring (bicyclic) bond motifs is 1. The van der Waals surface area contributed by atoms with Crippen molar-refractivity contribution in [2.75, 3.05) is 18.1 Å². The van der Waals surface area contributed by atoms with Crippen LogP contribution in [-0.4, -0.2) is 31.7 Å². The quantitative estimate of drug-likeness (QED) is 0.932. The van der Waals surface area contributed by atoms with Crippen LogP contribution in [0.25, 0.3) is 0 Å². The smallest absolute Gasteiger partial charge is 0.178 e. The van der Waals surface area contributed by atoms with Gasteiger partial charge in [0, 0.05) is 17.8 Å². The minimum Gasteiger partial charge on any atom is -0.309 e. The zero-order valence-corrected chi connectivity index (χ0v) is 13.2. The molecule has 2 aliphatic heterocycles. The molecule has 0 amide bonds. The highest BCUT2D eigenvalue weighted by molar-refractivity contribution is 7.99. The molecule has 2 heterocycles. The topological polar surface area (TPSA) is 46.2 Å². The van der Waals surface area contributed by atoms with E-state index in [-0.39, 0.29) is 11.8 Å². The number of sulfone groups is 1. The average molecular weight is 311 g/mol. The Labute approximate surface area is 125 Å². The summed E-state index contributed by atoms with van der Waals surface area (Å²) in [4.78, 5) is 0.528. The van der Waals surface area contributed by atoms with E-state index in [1.165, 1.54) is 25.0 Å². The maximum absolute atomic E-state index is 12.1. The van der Waals surface area contributed by atoms with E-state index in [0.717, 1.165) is 12.1 Å². The van der Waals surface area contributed by atoms with E-state index >= 15 is 0 Å². The molecule has 1 fully saturated rings. The van der Waals surface area contributed by atoms with E-state index in [4.69, 9.17) is 0 Å². The number of rotatable bonds is 3. The fourth-order valence-electron chi connectivity index (χ4n) is 3.04. The molecule has 2 aliphatic rings. The number of nitrogens with one attached hydrogen (secondary N) is 1. The van der Waals surface area contributed by atoms with Crippen molar-refractivity contribution in [2.45, 2.75) is 41.9 Å². The Balaban J connectivity index is 1.71. The zero-order chi connectivity index (χ0) is 14.0. The van der Waals surface area contributed by atoms with Crippen molar-refractivity contribution in [2.24, 2.45) is 0 Å². The van der Waals surface area contributed by atoms with Crippen molar-refractivity contribution in [1.82, 2.24) is 5.32 Å². The lowest BCUT2D eigenvalue weighted by molar-refractivity contribution is 0.479. The molecule has 1 aromatic rings. The molecule has 0 radical (unpaired) electrons. The van der Waals surface area contributed by atoms with Gasteiger partial charge in [-0.3, -0.25) is 0 Å². The molecule has 110 valence electrons. The van der Waals surface area contributed by atoms with E-state index in [2.05, 4.69) is 17.1 Å². The van der Waals surface area contributed by atoms with Gasteiger partial charge in [-0.1, -0.05) is 24.6 Å². The minimum atomic E-state index is -3.06. The van der Waals surface area contributed by atoms with Gasteiger partial charge in [-0.15, -0.1) is 0 Å². The van der Waals surface area contributed by atoms with Crippen molar-refractivity contribution in [1.29, 1.82) is 0 Å². The molecule has 5 heteroatoms. The second kappa shape index (κ2) is 6.08. The predicted octanol–water partition coefficient (Wildman–Crippen LogP) is 2.78. The molecule has 0 spiro atoms. The summed E-state index contributed by atoms with van der Waals surface area (Å²) in [6.07, 6.45) is 4.64. The largest absolute Gasteiger partial charge is 0.309 e. The molecule has 2 atom stereocenters. The van der Waals surface area contributed by atoms with Crippen LogP contribution in [0.5, 0.6) is 0 Å². The summed E-state index contributed by atoms with van der Waals surface area (Å²) in [6.45, 7) is 0.990. The first-order valence-corrected chi connectivity index (χ1v) is 10.0. The number of hydrogen-bond donors (Lipinski definition) is 1. The molecule has 3 rings (SSSR count). The first-order valence-electron chi connectivity index (χ1n) is 7.33. The predicted molar refractivity (Wildman–Crippen MR) is 84.0 cm³/mol. The van der Waals surface area contributed by atoms with Crippen molar-refractivity contribution < 1.29 is 8.42 Å². The Hall–Kier alpha value is -0.520. The second-order valence-corrected chi connectivity index (χ2v) is 9.08. The highest BCUT2D eigenvalue weighted by Crippen LogP contribution is 2.32. The Morgan fingerprint density at radius 2 is 2.05 bits per heavy atom. The fourth-order valence-corrected chi connectivity index (χ4v) is 5.92. The van der Waals surface area contributed by atoms with Gasteiger partial charge in [0.25, 0.3) is 0 Å². The van der Waals surface area contributed by atoms with E-state index in [1.807, 2.05) is 18.2 Å². The maximum Gasteiger partial charge on any atom is 0.178 e. The van der Waals surface area contributed by atoms with Gasteiger partial charge in [0.05, 0.1) is 10.6 Å². The van der Waals surface area contributed by atoms with Crippen LogP contribution in [0, 0.1) is 0 Å². The van der Waals surface area contributed by atoms with Gasteiger partial charge in [-0.2, -0.15) is 11.8 Å². The molecule has 1 N–H and O–H groups in total. The van der Waals surface area contributed by atoms with Crippen LogP contribution < -0.4 is 5.32 Å². The summed E-state index contributed by atoms with van der Waals surface area (Å²) in [5, 5.41) is 4.29. The molecule has 0 aromatic heterocycles. The normalized spacial score (nSPS) is 28.8. The third kappa shape index (κ3) is 3.05. The summed E-state index contributed by atoms with van der Waals surface area (Å²) in [5.41, 5.74) is 0.958. The molecular weight excluding hydrogens is 290 g/mol. The van der Waals surface area contributed by atoms with Crippen molar-refractivity contribution in [3.05, 3.63) is 29.8 Å². The molecule has 20 heavy (non-hydrogen) atoms. The molecular formula is C15H21NO2S2. The summed E-state index contributed by atoms with van der Waals surface area (Å²) < 4.78 is 24.2. The minimum absolute atomic E-state index is 0.192. The number of thioether (sulfide) groups is 1. The summed E-state index contributed by atoms with van der Waals surface area (Å²) in [7, 11) is -3.06. The third-order valence-corrected chi connectivity index (χ3v) is 7.38. The third-order valence-electron chi connectivity index (χ3n) is 4.17. The van der Waals surface area contributed by atoms with Gasteiger partial charge >= 0.3 is 0 Å². The van der Waals surface area contributed by atoms with E-state index in [9.17, 15) is 8.42 Å². The molecule has 1 saturated heterocycles. The summed E-state index contributed by atoms with van der Waals surface area (Å²) in [5.74, 6) is 1.53. The van der Waals surface area contributed by atoms with Gasteiger partial charge in [0.2, 0.25) is 0 Å². The Kier molecular flexibility index (Phi) is 4.38. The van der Waals surface area contributed by atoms with Crippen LogP contribution in [0.4, 0.5) is 0 Å². The van der Waals surface area contributed by atoms with Crippen LogP contribution in [0.15, 0.2) is 29.2 Å². The molecule has 2 unspecified atom stereocenters. The lowest BCUT2D eigenvalue weighted by Crippen LogP contribution is -2.34. The maximum atomic E-state index is 12.1. The van der Waals surface area contributed by atoms with E-state index in [0.29, 0.717) is 16.6 Å². The zero-order valence-electron chi connectivity index (χ0n) is 11.5. The highest BCUT2D eigenvalue weighted by atomic mass is 32.2. The molecule has 1 aromatic carbocycles. The molecule has 3 nitrogen and oxygen atoms in total. The van der Waals surface area contributed by atoms with Gasteiger partial charge in [0.1, 0.15) is 0 Å². The van der Waals surface area contributed by atoms with Gasteiger partial charge in [0.15, 0.2) is 9.84 Å². The van der Waals surface area contributed by atoms with Crippen LogP contribution in [-0.2, 0) is 9.84 Å². The van der Waals surface area contributed by atoms with Gasteiger partial charge < -0.3 is 5.32 Å². The highest BCUT2D eigenvalue weighted by Gasteiger charge is 2.30. The standard InChI is InChI=1S/C15H21NO2S2/c17-20(18)10-8-14(13-6-1-2-7-15(13)20)16-11-12-5-3-4-9-19-12/h1-2,6-7,12,14,16H,3-5,8-11H2. The second-order valence-electron chi connectivity index (χ2n) is 5.59. The molecule has 0 saturated carbocycles. The average Bonchev–Trinajstić information content (AvgIpc) is 2.48. The van der Waals surface area contributed by atoms with Crippen LogP contribution in [0.1, 0.15) is 37.3 Å². The summed E-state index contributed by atoms with van der Waals surface area (Å²) >= 11 is 2.05. The Morgan fingerprint density at radius 3 is 2.85 bits per heavy atom. The lowest BCUT2D eigenvalue weighted by atomic mass is 10.0. The van der Waals surface area contributed by atoms with Crippen LogP contribution in [0.3, 0.4) is 0 Å². The monoisotopic (exact) mass is 311 g/mol. The fraction of sp³-hybridized carbons (Fsp3) is 0.600. The van der Waals surface area contributed by atoms with Gasteiger partial charge in [-0.05, 0) is 36.6 Å². The SMILES string of the molecule is O=S1(=O)CCC(NCC2CCCCS2)c2ccccc21. The van der Waals surface area contributed by atoms with Gasteiger partial charge in [-0.25, -0.2) is 8.42 Å². The van der Waals surface area contributed by atoms with E-state index in [1.54, 1.807) is 6.07 Å². The summed E-state index contributed by atoms with van der Waals surface area (Å²) in [6, 6.07) is 7.64.